The Kier molecular flexibility index (Phi) is 33.7. The number of unbranched alkanes of at least 4 members (excludes halogenated alkanes) is 14. The minimum absolute atomic E-state index is 0.0655. The number of amides is 1. The highest BCUT2D eigenvalue weighted by Gasteiger charge is 2.26. The average molecular weight is 695 g/mol. The van der Waals surface area contributed by atoms with Crippen molar-refractivity contribution in [2.24, 2.45) is 5.73 Å². The Labute approximate surface area is 294 Å². The zero-order valence-electron chi connectivity index (χ0n) is 30.5. The molecule has 3 atom stereocenters. The first-order chi connectivity index (χ1) is 23.4. The summed E-state index contributed by atoms with van der Waals surface area (Å²) in [5.74, 6) is -0.277. The normalized spacial score (nSPS) is 15.0. The van der Waals surface area contributed by atoms with Crippen molar-refractivity contribution in [1.82, 2.24) is 5.32 Å². The molecule has 0 fully saturated rings. The van der Waals surface area contributed by atoms with Crippen molar-refractivity contribution in [3.63, 3.8) is 0 Å². The minimum Gasteiger partial charge on any atom is -0.387 e. The summed E-state index contributed by atoms with van der Waals surface area (Å²) < 4.78 is 22.0. The summed E-state index contributed by atoms with van der Waals surface area (Å²) >= 11 is 0. The van der Waals surface area contributed by atoms with Gasteiger partial charge in [0.15, 0.2) is 0 Å². The van der Waals surface area contributed by atoms with Gasteiger partial charge in [0.2, 0.25) is 5.91 Å². The number of aliphatic hydroxyl groups excluding tert-OH is 1. The molecule has 0 spiro atoms. The number of hydrogen-bond donors (Lipinski definition) is 4. The number of hydrogen-bond acceptors (Lipinski definition) is 6. The van der Waals surface area contributed by atoms with Crippen molar-refractivity contribution in [3.05, 3.63) is 60.8 Å². The van der Waals surface area contributed by atoms with E-state index < -0.39 is 20.0 Å². The zero-order valence-corrected chi connectivity index (χ0v) is 31.3. The highest BCUT2D eigenvalue weighted by atomic mass is 31.2. The van der Waals surface area contributed by atoms with Crippen LogP contribution in [-0.2, 0) is 18.4 Å². The lowest BCUT2D eigenvalue weighted by Crippen LogP contribution is -2.45. The Morgan fingerprint density at radius 1 is 0.708 bits per heavy atom. The number of carbonyl (C=O) groups excluding carboxylic acids is 1. The smallest absolute Gasteiger partial charge is 0.387 e. The molecule has 278 valence electrons. The molecule has 3 unspecified atom stereocenters. The molecule has 9 heteroatoms. The van der Waals surface area contributed by atoms with Gasteiger partial charge in [-0.15, -0.1) is 0 Å². The number of phosphoric ester groups is 1. The van der Waals surface area contributed by atoms with Gasteiger partial charge in [0.05, 0.1) is 25.4 Å². The molecule has 5 N–H and O–H groups in total. The van der Waals surface area contributed by atoms with Crippen molar-refractivity contribution < 1.29 is 28.4 Å². The van der Waals surface area contributed by atoms with Crippen LogP contribution < -0.4 is 11.1 Å². The maximum atomic E-state index is 12.6. The fraction of sp³-hybridized carbons (Fsp3) is 0.718. The lowest BCUT2D eigenvalue weighted by molar-refractivity contribution is -0.122. The SMILES string of the molecule is CC/C=C\C/C=C\C/C=C\C/C=C\CCC(=O)NC(COP(=O)(O)OCCN)C(O)/C=C/CCCCCCCCCCCCCCCC. The molecule has 48 heavy (non-hydrogen) atoms. The van der Waals surface area contributed by atoms with Crippen LogP contribution in [0.3, 0.4) is 0 Å². The van der Waals surface area contributed by atoms with E-state index >= 15 is 0 Å². The molecular weight excluding hydrogens is 623 g/mol. The maximum absolute atomic E-state index is 12.6. The molecule has 0 aromatic carbocycles. The number of carbonyl (C=O) groups is 1. The number of nitrogens with two attached hydrogens (primary N) is 1. The van der Waals surface area contributed by atoms with E-state index in [-0.39, 0.29) is 32.1 Å². The largest absolute Gasteiger partial charge is 0.472 e. The molecule has 0 radical (unpaired) electrons. The van der Waals surface area contributed by atoms with E-state index in [4.69, 9.17) is 14.8 Å². The lowest BCUT2D eigenvalue weighted by Gasteiger charge is -2.23. The summed E-state index contributed by atoms with van der Waals surface area (Å²) in [4.78, 5) is 22.5. The number of nitrogens with one attached hydrogen (secondary N) is 1. The summed E-state index contributed by atoms with van der Waals surface area (Å²) in [6.45, 7) is 3.94. The molecule has 0 aliphatic carbocycles. The second kappa shape index (κ2) is 35.0. The third-order valence-corrected chi connectivity index (χ3v) is 8.85. The van der Waals surface area contributed by atoms with E-state index in [1.54, 1.807) is 6.08 Å². The second-order valence-electron chi connectivity index (χ2n) is 12.4. The fourth-order valence-corrected chi connectivity index (χ4v) is 5.78. The molecular formula is C39H71N2O6P. The Bertz CT molecular complexity index is 933. The van der Waals surface area contributed by atoms with E-state index in [2.05, 4.69) is 55.6 Å². The maximum Gasteiger partial charge on any atom is 0.472 e. The predicted octanol–water partition coefficient (Wildman–Crippen LogP) is 9.94. The molecule has 0 aromatic rings. The summed E-state index contributed by atoms with van der Waals surface area (Å²) in [5, 5.41) is 13.5. The van der Waals surface area contributed by atoms with Crippen molar-refractivity contribution in [3.8, 4) is 0 Å². The van der Waals surface area contributed by atoms with Crippen LogP contribution in [0.25, 0.3) is 0 Å². The van der Waals surface area contributed by atoms with Gasteiger partial charge in [0, 0.05) is 13.0 Å². The minimum atomic E-state index is -4.35. The van der Waals surface area contributed by atoms with Crippen molar-refractivity contribution in [2.75, 3.05) is 19.8 Å². The van der Waals surface area contributed by atoms with Gasteiger partial charge in [-0.25, -0.2) is 4.57 Å². The van der Waals surface area contributed by atoms with Gasteiger partial charge in [-0.1, -0.05) is 158 Å². The van der Waals surface area contributed by atoms with Crippen molar-refractivity contribution in [2.45, 2.75) is 161 Å². The Morgan fingerprint density at radius 2 is 1.21 bits per heavy atom. The summed E-state index contributed by atoms with van der Waals surface area (Å²) in [6.07, 6.45) is 42.8. The third-order valence-electron chi connectivity index (χ3n) is 7.86. The number of phosphoric acid groups is 1. The van der Waals surface area contributed by atoms with E-state index in [0.717, 1.165) is 44.9 Å². The molecule has 0 aliphatic rings. The van der Waals surface area contributed by atoms with Crippen LogP contribution in [0.5, 0.6) is 0 Å². The van der Waals surface area contributed by atoms with E-state index in [1.165, 1.54) is 77.0 Å². The topological polar surface area (TPSA) is 131 Å². The standard InChI is InChI=1S/C39H71N2O6P/c1-3-5-7-9-11-13-15-17-18-19-21-22-24-26-28-30-32-38(42)37(36-47-48(44,45)46-35-34-40)41-39(43)33-31-29-27-25-23-20-16-14-12-10-8-6-4-2/h6,8,12,14,20,23,27,29-30,32,37-38,42H,3-5,7,9-11,13,15-19,21-22,24-26,28,31,33-36,40H2,1-2H3,(H,41,43)(H,44,45)/b8-6-,14-12-,23-20-,29-27-,32-30+. The molecule has 8 nitrogen and oxygen atoms in total. The van der Waals surface area contributed by atoms with E-state index in [9.17, 15) is 19.4 Å². The van der Waals surface area contributed by atoms with Crippen LogP contribution in [0.4, 0.5) is 0 Å². The molecule has 0 aliphatic heterocycles. The van der Waals surface area contributed by atoms with Gasteiger partial charge >= 0.3 is 7.82 Å². The average Bonchev–Trinajstić information content (AvgIpc) is 3.07. The first kappa shape index (κ1) is 46.2. The van der Waals surface area contributed by atoms with Gasteiger partial charge in [0.1, 0.15) is 0 Å². The molecule has 1 amide bonds. The molecule has 0 bridgehead atoms. The van der Waals surface area contributed by atoms with Crippen LogP contribution in [0.15, 0.2) is 60.8 Å². The van der Waals surface area contributed by atoms with Crippen LogP contribution in [0.2, 0.25) is 0 Å². The number of allylic oxidation sites excluding steroid dienone is 9. The molecule has 0 rings (SSSR count). The summed E-state index contributed by atoms with van der Waals surface area (Å²) in [7, 11) is -4.35. The molecule has 0 aromatic heterocycles. The highest BCUT2D eigenvalue weighted by molar-refractivity contribution is 7.47. The Morgan fingerprint density at radius 3 is 1.73 bits per heavy atom. The second-order valence-corrected chi connectivity index (χ2v) is 13.9. The highest BCUT2D eigenvalue weighted by Crippen LogP contribution is 2.43. The van der Waals surface area contributed by atoms with Crippen LogP contribution in [0, 0.1) is 0 Å². The van der Waals surface area contributed by atoms with Gasteiger partial charge in [-0.2, -0.15) is 0 Å². The van der Waals surface area contributed by atoms with E-state index in [0.29, 0.717) is 6.42 Å². The Hall–Kier alpha value is -1.80. The molecule has 0 saturated carbocycles. The van der Waals surface area contributed by atoms with Crippen molar-refractivity contribution >= 4 is 13.7 Å². The summed E-state index contributed by atoms with van der Waals surface area (Å²) in [6, 6.07) is -0.899. The van der Waals surface area contributed by atoms with E-state index in [1.807, 2.05) is 18.2 Å². The Balaban J connectivity index is 4.43. The van der Waals surface area contributed by atoms with Gasteiger partial charge in [-0.05, 0) is 44.9 Å². The molecule has 0 heterocycles. The predicted molar refractivity (Wildman–Crippen MR) is 203 cm³/mol. The lowest BCUT2D eigenvalue weighted by atomic mass is 10.0. The quantitative estimate of drug-likeness (QED) is 0.0300. The molecule has 0 saturated heterocycles. The zero-order chi connectivity index (χ0) is 35.4. The first-order valence-electron chi connectivity index (χ1n) is 18.9. The van der Waals surface area contributed by atoms with Crippen LogP contribution in [0.1, 0.15) is 149 Å². The monoisotopic (exact) mass is 695 g/mol. The summed E-state index contributed by atoms with van der Waals surface area (Å²) in [5.41, 5.74) is 5.35. The number of rotatable bonds is 34. The fourth-order valence-electron chi connectivity index (χ4n) is 5.02. The third kappa shape index (κ3) is 32.7. The van der Waals surface area contributed by atoms with Crippen LogP contribution >= 0.6 is 7.82 Å². The van der Waals surface area contributed by atoms with Gasteiger partial charge < -0.3 is 21.1 Å². The number of aliphatic hydroxyl groups is 1. The van der Waals surface area contributed by atoms with Gasteiger partial charge in [0.25, 0.3) is 0 Å². The van der Waals surface area contributed by atoms with Crippen LogP contribution in [-0.4, -0.2) is 47.8 Å². The first-order valence-corrected chi connectivity index (χ1v) is 20.4. The van der Waals surface area contributed by atoms with Crippen molar-refractivity contribution in [1.29, 1.82) is 0 Å². The van der Waals surface area contributed by atoms with Gasteiger partial charge in [-0.3, -0.25) is 13.8 Å².